The van der Waals surface area contributed by atoms with Crippen LogP contribution in [0.4, 0.5) is 5.69 Å². The van der Waals surface area contributed by atoms with Crippen molar-refractivity contribution in [2.45, 2.75) is 0 Å². The van der Waals surface area contributed by atoms with E-state index in [-0.39, 0.29) is 0 Å². The molecule has 1 saturated heterocycles. The van der Waals surface area contributed by atoms with Crippen molar-refractivity contribution >= 4 is 27.5 Å². The van der Waals surface area contributed by atoms with Crippen LogP contribution in [0.1, 0.15) is 0 Å². The molecule has 0 bridgehead atoms. The van der Waals surface area contributed by atoms with E-state index >= 15 is 0 Å². The quantitative estimate of drug-likeness (QED) is 0.472. The van der Waals surface area contributed by atoms with E-state index in [2.05, 4.69) is 72.3 Å². The SMILES string of the molecule is CN1CCN(c2cccc3[nH]c(-c4n[nH]c5cnc(-c6ccncc6)cc45)cc23)CC1. The number of nitrogens with zero attached hydrogens (tertiary/aromatic N) is 5. The summed E-state index contributed by atoms with van der Waals surface area (Å²) in [5.41, 5.74) is 7.21. The summed E-state index contributed by atoms with van der Waals surface area (Å²) in [7, 11) is 2.18. The minimum atomic E-state index is 0.909. The summed E-state index contributed by atoms with van der Waals surface area (Å²) < 4.78 is 0. The van der Waals surface area contributed by atoms with Crippen LogP contribution in [0.2, 0.25) is 0 Å². The Kier molecular flexibility index (Phi) is 4.21. The molecule has 4 aromatic heterocycles. The zero-order chi connectivity index (χ0) is 20.8. The van der Waals surface area contributed by atoms with Crippen molar-refractivity contribution < 1.29 is 0 Å². The van der Waals surface area contributed by atoms with E-state index in [0.29, 0.717) is 0 Å². The fourth-order valence-corrected chi connectivity index (χ4v) is 4.39. The van der Waals surface area contributed by atoms with Crippen LogP contribution < -0.4 is 4.90 Å². The summed E-state index contributed by atoms with van der Waals surface area (Å²) in [6, 6.07) is 14.8. The Balaban J connectivity index is 1.44. The Hall–Kier alpha value is -3.71. The van der Waals surface area contributed by atoms with Crippen LogP contribution in [0.15, 0.2) is 61.1 Å². The first-order valence-electron chi connectivity index (χ1n) is 10.6. The normalized spacial score (nSPS) is 15.2. The summed E-state index contributed by atoms with van der Waals surface area (Å²) in [6.07, 6.45) is 5.42. The molecule has 1 fully saturated rings. The number of hydrogen-bond acceptors (Lipinski definition) is 5. The molecule has 0 unspecified atom stereocenters. The number of likely N-dealkylation sites (N-methyl/N-ethyl adjacent to an activating group) is 1. The Labute approximate surface area is 179 Å². The maximum Gasteiger partial charge on any atom is 0.116 e. The van der Waals surface area contributed by atoms with Crippen molar-refractivity contribution in [3.05, 3.63) is 61.1 Å². The number of rotatable bonds is 3. The van der Waals surface area contributed by atoms with Crippen molar-refractivity contribution in [2.24, 2.45) is 0 Å². The molecular weight excluding hydrogens is 386 g/mol. The van der Waals surface area contributed by atoms with Gasteiger partial charge in [-0.15, -0.1) is 0 Å². The molecular formula is C24H23N7. The largest absolute Gasteiger partial charge is 0.368 e. The zero-order valence-corrected chi connectivity index (χ0v) is 17.3. The second kappa shape index (κ2) is 7.21. The Morgan fingerprint density at radius 2 is 1.74 bits per heavy atom. The number of aromatic nitrogens is 5. The molecule has 0 atom stereocenters. The number of piperazine rings is 1. The lowest BCUT2D eigenvalue weighted by Gasteiger charge is -2.34. The molecule has 0 spiro atoms. The molecule has 1 aliphatic heterocycles. The number of benzene rings is 1. The fourth-order valence-electron chi connectivity index (χ4n) is 4.39. The van der Waals surface area contributed by atoms with Gasteiger partial charge >= 0.3 is 0 Å². The van der Waals surface area contributed by atoms with Gasteiger partial charge in [-0.1, -0.05) is 6.07 Å². The van der Waals surface area contributed by atoms with Crippen molar-refractivity contribution in [3.63, 3.8) is 0 Å². The summed E-state index contributed by atoms with van der Waals surface area (Å²) in [5.74, 6) is 0. The molecule has 0 saturated carbocycles. The van der Waals surface area contributed by atoms with Crippen molar-refractivity contribution in [1.82, 2.24) is 30.0 Å². The Morgan fingerprint density at radius 1 is 0.903 bits per heavy atom. The number of nitrogens with one attached hydrogen (secondary N) is 2. The second-order valence-electron chi connectivity index (χ2n) is 8.13. The van der Waals surface area contributed by atoms with E-state index in [1.165, 1.54) is 11.1 Å². The van der Waals surface area contributed by atoms with Crippen molar-refractivity contribution in [3.8, 4) is 22.6 Å². The van der Waals surface area contributed by atoms with E-state index < -0.39 is 0 Å². The smallest absolute Gasteiger partial charge is 0.116 e. The van der Waals surface area contributed by atoms with Gasteiger partial charge in [-0.05, 0) is 43.4 Å². The standard InChI is InChI=1S/C24H23N7/c1-30-9-11-31(12-10-30)23-4-2-3-19-17(23)13-21(27-19)24-18-14-20(16-5-7-25-8-6-16)26-15-22(18)28-29-24/h2-8,13-15,27H,9-12H2,1H3,(H,28,29). The predicted molar refractivity (Wildman–Crippen MR) is 124 cm³/mol. The highest BCUT2D eigenvalue weighted by Gasteiger charge is 2.19. The maximum atomic E-state index is 4.62. The highest BCUT2D eigenvalue weighted by atomic mass is 15.2. The van der Waals surface area contributed by atoms with Gasteiger partial charge in [0, 0.05) is 66.1 Å². The number of aromatic amines is 2. The average molecular weight is 409 g/mol. The minimum Gasteiger partial charge on any atom is -0.368 e. The van der Waals surface area contributed by atoms with E-state index in [0.717, 1.165) is 65.2 Å². The predicted octanol–water partition coefficient (Wildman–Crippen LogP) is 3.92. The van der Waals surface area contributed by atoms with Crippen LogP contribution in [0.3, 0.4) is 0 Å². The Morgan fingerprint density at radius 3 is 2.58 bits per heavy atom. The summed E-state index contributed by atoms with van der Waals surface area (Å²) in [6.45, 7) is 4.26. The van der Waals surface area contributed by atoms with Gasteiger partial charge in [0.1, 0.15) is 5.69 Å². The van der Waals surface area contributed by atoms with Crippen molar-refractivity contribution in [2.75, 3.05) is 38.1 Å². The van der Waals surface area contributed by atoms with Gasteiger partial charge in [0.05, 0.1) is 23.1 Å². The van der Waals surface area contributed by atoms with Crippen LogP contribution in [0.5, 0.6) is 0 Å². The third-order valence-corrected chi connectivity index (χ3v) is 6.16. The van der Waals surface area contributed by atoms with Gasteiger partial charge in [-0.2, -0.15) is 5.10 Å². The zero-order valence-electron chi connectivity index (χ0n) is 17.3. The molecule has 6 rings (SSSR count). The average Bonchev–Trinajstić information content (AvgIpc) is 3.43. The molecule has 2 N–H and O–H groups in total. The molecule has 5 aromatic rings. The lowest BCUT2D eigenvalue weighted by atomic mass is 10.1. The van der Waals surface area contributed by atoms with Gasteiger partial charge in [-0.3, -0.25) is 15.1 Å². The van der Waals surface area contributed by atoms with Crippen LogP contribution in [-0.4, -0.2) is 63.3 Å². The number of pyridine rings is 2. The monoisotopic (exact) mass is 409 g/mol. The second-order valence-corrected chi connectivity index (χ2v) is 8.13. The topological polar surface area (TPSA) is 76.7 Å². The first-order chi connectivity index (χ1) is 15.3. The summed E-state index contributed by atoms with van der Waals surface area (Å²) >= 11 is 0. The van der Waals surface area contributed by atoms with Gasteiger partial charge in [0.25, 0.3) is 0 Å². The van der Waals surface area contributed by atoms with E-state index in [4.69, 9.17) is 0 Å². The van der Waals surface area contributed by atoms with E-state index in [1.54, 1.807) is 12.4 Å². The lowest BCUT2D eigenvalue weighted by molar-refractivity contribution is 0.313. The minimum absolute atomic E-state index is 0.909. The number of fused-ring (bicyclic) bond motifs is 2. The molecule has 0 radical (unpaired) electrons. The first kappa shape index (κ1) is 18.1. The van der Waals surface area contributed by atoms with Crippen LogP contribution >= 0.6 is 0 Å². The van der Waals surface area contributed by atoms with Gasteiger partial charge in [0.2, 0.25) is 0 Å². The van der Waals surface area contributed by atoms with E-state index in [1.807, 2.05) is 18.3 Å². The molecule has 5 heterocycles. The number of anilines is 1. The van der Waals surface area contributed by atoms with Gasteiger partial charge in [0.15, 0.2) is 0 Å². The molecule has 1 aromatic carbocycles. The molecule has 7 nitrogen and oxygen atoms in total. The molecule has 7 heteroatoms. The highest BCUT2D eigenvalue weighted by Crippen LogP contribution is 2.34. The molecule has 0 aliphatic carbocycles. The van der Waals surface area contributed by atoms with E-state index in [9.17, 15) is 0 Å². The summed E-state index contributed by atoms with van der Waals surface area (Å²) in [4.78, 5) is 17.1. The van der Waals surface area contributed by atoms with Crippen molar-refractivity contribution in [1.29, 1.82) is 0 Å². The fraction of sp³-hybridized carbons (Fsp3) is 0.208. The number of H-pyrrole nitrogens is 2. The first-order valence-corrected chi connectivity index (χ1v) is 10.6. The van der Waals surface area contributed by atoms with Crippen LogP contribution in [0, 0.1) is 0 Å². The maximum absolute atomic E-state index is 4.62. The number of hydrogen-bond donors (Lipinski definition) is 2. The molecule has 154 valence electrons. The van der Waals surface area contributed by atoms with Crippen LogP contribution in [0.25, 0.3) is 44.5 Å². The molecule has 31 heavy (non-hydrogen) atoms. The summed E-state index contributed by atoms with van der Waals surface area (Å²) in [5, 5.41) is 10.0. The molecule has 1 aliphatic rings. The van der Waals surface area contributed by atoms with Crippen LogP contribution in [-0.2, 0) is 0 Å². The van der Waals surface area contributed by atoms with Gasteiger partial charge < -0.3 is 14.8 Å². The lowest BCUT2D eigenvalue weighted by Crippen LogP contribution is -2.44. The third kappa shape index (κ3) is 3.14. The highest BCUT2D eigenvalue weighted by molar-refractivity contribution is 6.00. The Bertz CT molecular complexity index is 1360. The van der Waals surface area contributed by atoms with Gasteiger partial charge in [-0.25, -0.2) is 0 Å². The molecule has 0 amide bonds. The third-order valence-electron chi connectivity index (χ3n) is 6.16.